The predicted octanol–water partition coefficient (Wildman–Crippen LogP) is 2.88. The van der Waals surface area contributed by atoms with Crippen LogP contribution in [0.5, 0.6) is 5.75 Å². The number of rotatable bonds is 2. The average Bonchev–Trinajstić information content (AvgIpc) is 2.55. The molecule has 0 aliphatic carbocycles. The molecule has 2 aromatic rings. The smallest absolute Gasteiger partial charge is 0.270 e. The lowest BCUT2D eigenvalue weighted by Crippen LogP contribution is -2.54. The van der Waals surface area contributed by atoms with Gasteiger partial charge in [0.05, 0.1) is 10.7 Å². The van der Waals surface area contributed by atoms with E-state index < -0.39 is 11.8 Å². The van der Waals surface area contributed by atoms with Crippen molar-refractivity contribution in [2.45, 2.75) is 0 Å². The van der Waals surface area contributed by atoms with Gasteiger partial charge in [0.15, 0.2) is 5.11 Å². The fourth-order valence-electron chi connectivity index (χ4n) is 2.25. The Kier molecular flexibility index (Phi) is 4.33. The van der Waals surface area contributed by atoms with Crippen LogP contribution in [0.3, 0.4) is 0 Å². The summed E-state index contributed by atoms with van der Waals surface area (Å²) in [6.45, 7) is 0. The molecule has 2 N–H and O–H groups in total. The Hall–Kier alpha value is -2.70. The van der Waals surface area contributed by atoms with Gasteiger partial charge in [0, 0.05) is 0 Å². The van der Waals surface area contributed by atoms with Gasteiger partial charge in [-0.15, -0.1) is 0 Å². The van der Waals surface area contributed by atoms with Crippen LogP contribution in [0.25, 0.3) is 6.08 Å². The highest BCUT2D eigenvalue weighted by Crippen LogP contribution is 2.26. The molecule has 2 amide bonds. The lowest BCUT2D eigenvalue weighted by molar-refractivity contribution is -0.122. The van der Waals surface area contributed by atoms with Crippen LogP contribution in [0.1, 0.15) is 5.56 Å². The summed E-state index contributed by atoms with van der Waals surface area (Å²) in [5, 5.41) is 12.1. The number of thiocarbonyl (C=S) groups is 1. The second-order valence-electron chi connectivity index (χ2n) is 5.00. The Balaban J connectivity index is 2.02. The fourth-order valence-corrected chi connectivity index (χ4v) is 2.72. The fraction of sp³-hybridized carbons (Fsp3) is 0. The van der Waals surface area contributed by atoms with Crippen LogP contribution in [0.4, 0.5) is 5.69 Å². The molecule has 1 heterocycles. The number of nitrogens with zero attached hydrogens (tertiary/aromatic N) is 1. The molecule has 1 saturated heterocycles. The molecule has 2 aromatic carbocycles. The summed E-state index contributed by atoms with van der Waals surface area (Å²) in [4.78, 5) is 26.1. The molecule has 24 heavy (non-hydrogen) atoms. The van der Waals surface area contributed by atoms with Gasteiger partial charge in [0.25, 0.3) is 11.8 Å². The van der Waals surface area contributed by atoms with Crippen molar-refractivity contribution in [3.63, 3.8) is 0 Å². The molecule has 0 bridgehead atoms. The number of carbonyl (C=O) groups excluding carboxylic acids is 2. The van der Waals surface area contributed by atoms with Crippen molar-refractivity contribution < 1.29 is 14.7 Å². The number of nitrogens with one attached hydrogen (secondary N) is 1. The molecular formula is C17H11ClN2O3S. The minimum absolute atomic E-state index is 0.0251. The summed E-state index contributed by atoms with van der Waals surface area (Å²) in [6.07, 6.45) is 1.40. The van der Waals surface area contributed by atoms with Crippen LogP contribution in [0, 0.1) is 0 Å². The van der Waals surface area contributed by atoms with Crippen molar-refractivity contribution in [3.05, 3.63) is 64.7 Å². The molecule has 0 saturated carbocycles. The van der Waals surface area contributed by atoms with Crippen molar-refractivity contribution in [2.24, 2.45) is 0 Å². The van der Waals surface area contributed by atoms with E-state index in [1.54, 1.807) is 30.3 Å². The van der Waals surface area contributed by atoms with Gasteiger partial charge in [-0.05, 0) is 48.1 Å². The number of phenolic OH excluding ortho intramolecular Hbond substituents is 1. The van der Waals surface area contributed by atoms with Gasteiger partial charge in [0.1, 0.15) is 11.3 Å². The highest BCUT2D eigenvalue weighted by Gasteiger charge is 2.34. The van der Waals surface area contributed by atoms with Crippen molar-refractivity contribution in [2.75, 3.05) is 4.90 Å². The number of amides is 2. The Labute approximate surface area is 148 Å². The molecule has 1 fully saturated rings. The molecule has 0 radical (unpaired) electrons. The van der Waals surface area contributed by atoms with Gasteiger partial charge in [-0.25, -0.2) is 0 Å². The third-order valence-corrected chi connectivity index (χ3v) is 3.99. The Morgan fingerprint density at radius 3 is 2.50 bits per heavy atom. The minimum atomic E-state index is -0.582. The van der Waals surface area contributed by atoms with E-state index in [-0.39, 0.29) is 21.5 Å². The van der Waals surface area contributed by atoms with Gasteiger partial charge in [0.2, 0.25) is 0 Å². The quantitative estimate of drug-likeness (QED) is 0.492. The highest BCUT2D eigenvalue weighted by molar-refractivity contribution is 7.80. The number of anilines is 1. The van der Waals surface area contributed by atoms with Crippen LogP contribution in [-0.2, 0) is 9.59 Å². The van der Waals surface area contributed by atoms with E-state index >= 15 is 0 Å². The first kappa shape index (κ1) is 16.2. The maximum Gasteiger partial charge on any atom is 0.270 e. The van der Waals surface area contributed by atoms with Gasteiger partial charge >= 0.3 is 0 Å². The molecule has 7 heteroatoms. The summed E-state index contributed by atoms with van der Waals surface area (Å²) < 4.78 is 0. The van der Waals surface area contributed by atoms with Crippen LogP contribution in [0.15, 0.2) is 54.1 Å². The maximum atomic E-state index is 12.7. The second-order valence-corrected chi connectivity index (χ2v) is 5.80. The number of para-hydroxylation sites is 1. The third kappa shape index (κ3) is 3.02. The van der Waals surface area contributed by atoms with Gasteiger partial charge in [-0.2, -0.15) is 0 Å². The van der Waals surface area contributed by atoms with Crippen LogP contribution in [0.2, 0.25) is 5.02 Å². The first-order chi connectivity index (χ1) is 11.5. The number of hydrogen-bond donors (Lipinski definition) is 2. The summed E-state index contributed by atoms with van der Waals surface area (Å²) in [7, 11) is 0. The lowest BCUT2D eigenvalue weighted by atomic mass is 10.1. The van der Waals surface area contributed by atoms with E-state index in [1.807, 2.05) is 6.07 Å². The summed E-state index contributed by atoms with van der Waals surface area (Å²) in [6, 6.07) is 13.2. The number of halogens is 1. The number of carbonyl (C=O) groups is 2. The lowest BCUT2D eigenvalue weighted by Gasteiger charge is -2.28. The molecule has 120 valence electrons. The van der Waals surface area contributed by atoms with E-state index in [0.717, 1.165) is 0 Å². The molecular weight excluding hydrogens is 348 g/mol. The zero-order valence-corrected chi connectivity index (χ0v) is 13.8. The van der Waals surface area contributed by atoms with Crippen molar-refractivity contribution in [1.29, 1.82) is 0 Å². The highest BCUT2D eigenvalue weighted by atomic mass is 35.5. The molecule has 0 spiro atoms. The zero-order chi connectivity index (χ0) is 17.3. The zero-order valence-electron chi connectivity index (χ0n) is 12.2. The van der Waals surface area contributed by atoms with E-state index in [4.69, 9.17) is 23.8 Å². The first-order valence-electron chi connectivity index (χ1n) is 6.92. The molecule has 0 atom stereocenters. The number of phenols is 1. The largest absolute Gasteiger partial charge is 0.506 e. The average molecular weight is 359 g/mol. The summed E-state index contributed by atoms with van der Waals surface area (Å²) in [5.41, 5.74) is 0.994. The number of benzene rings is 2. The van der Waals surface area contributed by atoms with Crippen molar-refractivity contribution in [1.82, 2.24) is 5.32 Å². The monoisotopic (exact) mass is 358 g/mol. The third-order valence-electron chi connectivity index (χ3n) is 3.40. The summed E-state index contributed by atoms with van der Waals surface area (Å²) in [5.74, 6) is -1.19. The first-order valence-corrected chi connectivity index (χ1v) is 7.71. The molecule has 0 unspecified atom stereocenters. The molecule has 1 aliphatic rings. The second kappa shape index (κ2) is 6.43. The normalized spacial score (nSPS) is 16.5. The predicted molar refractivity (Wildman–Crippen MR) is 95.8 cm³/mol. The van der Waals surface area contributed by atoms with E-state index in [2.05, 4.69) is 5.32 Å². The standard InChI is InChI=1S/C17H11ClN2O3S/c18-13-9-10(6-7-14(13)21)8-12-15(22)19-17(24)20(16(12)23)11-4-2-1-3-5-11/h1-9,21H,(H,19,22,24). The Morgan fingerprint density at radius 1 is 1.12 bits per heavy atom. The van der Waals surface area contributed by atoms with E-state index in [0.29, 0.717) is 11.3 Å². The van der Waals surface area contributed by atoms with Crippen LogP contribution < -0.4 is 10.2 Å². The van der Waals surface area contributed by atoms with Crippen molar-refractivity contribution in [3.8, 4) is 5.75 Å². The topological polar surface area (TPSA) is 69.6 Å². The molecule has 5 nitrogen and oxygen atoms in total. The van der Waals surface area contributed by atoms with E-state index in [9.17, 15) is 14.7 Å². The minimum Gasteiger partial charge on any atom is -0.506 e. The molecule has 3 rings (SSSR count). The SMILES string of the molecule is O=C1NC(=S)N(c2ccccc2)C(=O)C1=Cc1ccc(O)c(Cl)c1. The van der Waals surface area contributed by atoms with Crippen LogP contribution in [-0.4, -0.2) is 22.0 Å². The summed E-state index contributed by atoms with van der Waals surface area (Å²) >= 11 is 11.0. The molecule has 1 aliphatic heterocycles. The van der Waals surface area contributed by atoms with Gasteiger partial charge in [-0.1, -0.05) is 35.9 Å². The number of hydrogen-bond acceptors (Lipinski definition) is 4. The van der Waals surface area contributed by atoms with Crippen molar-refractivity contribution >= 4 is 52.5 Å². The van der Waals surface area contributed by atoms with Crippen LogP contribution >= 0.6 is 23.8 Å². The maximum absolute atomic E-state index is 12.7. The van der Waals surface area contributed by atoms with E-state index in [1.165, 1.54) is 23.1 Å². The van der Waals surface area contributed by atoms with Gasteiger partial charge in [-0.3, -0.25) is 19.8 Å². The van der Waals surface area contributed by atoms with Gasteiger partial charge < -0.3 is 5.11 Å². The number of aromatic hydroxyl groups is 1. The Bertz CT molecular complexity index is 881. The Morgan fingerprint density at radius 2 is 1.83 bits per heavy atom. The molecule has 0 aromatic heterocycles.